The molecule has 8 bridgehead atoms. The van der Waals surface area contributed by atoms with Gasteiger partial charge in [0.2, 0.25) is 0 Å². The van der Waals surface area contributed by atoms with E-state index in [0.717, 1.165) is 23.0 Å². The van der Waals surface area contributed by atoms with Crippen LogP contribution in [0.3, 0.4) is 0 Å². The van der Waals surface area contributed by atoms with Gasteiger partial charge in [0.1, 0.15) is 11.6 Å². The smallest absolute Gasteiger partial charge is 0.118 e. The maximum Gasteiger partial charge on any atom is 0.118 e. The minimum absolute atomic E-state index is 1.12. The molecule has 0 amide bonds. The zero-order valence-corrected chi connectivity index (χ0v) is 14.7. The van der Waals surface area contributed by atoms with Crippen LogP contribution in [0.15, 0.2) is 60.7 Å². The molecular formula is C22H18N4. The molecule has 0 atom stereocenters. The van der Waals surface area contributed by atoms with Crippen LogP contribution in [-0.2, 0) is 0 Å². The van der Waals surface area contributed by atoms with Crippen molar-refractivity contribution in [1.82, 2.24) is 0 Å². The van der Waals surface area contributed by atoms with E-state index in [4.69, 9.17) is 0 Å². The molecule has 4 nitrogen and oxygen atoms in total. The Balaban J connectivity index is 1.75. The van der Waals surface area contributed by atoms with Crippen molar-refractivity contribution in [2.45, 2.75) is 0 Å². The van der Waals surface area contributed by atoms with Crippen molar-refractivity contribution in [2.75, 3.05) is 34.5 Å². The first kappa shape index (κ1) is 13.8. The van der Waals surface area contributed by atoms with Gasteiger partial charge in [-0.2, -0.15) is 0 Å². The van der Waals surface area contributed by atoms with Crippen LogP contribution in [0.5, 0.6) is 0 Å². The summed E-state index contributed by atoms with van der Waals surface area (Å²) in [6.45, 7) is 0. The third kappa shape index (κ3) is 1.68. The van der Waals surface area contributed by atoms with Gasteiger partial charge in [-0.25, -0.2) is 0 Å². The molecule has 4 heteroatoms. The lowest BCUT2D eigenvalue weighted by atomic mass is 10.0. The topological polar surface area (TPSA) is 30.5 Å². The van der Waals surface area contributed by atoms with E-state index in [1.165, 1.54) is 32.9 Å². The number of benzene rings is 3. The standard InChI is InChI=1S/C22H18N4/c1-25-19-9-7-15-11-17(19)23-21(25)13-3-5-14(6-4-13)22-24-18-12-16(15)8-10-20(18)26(22)2/h3-12,23-24H,1-2H3. The molecule has 4 aliphatic heterocycles. The number of rotatable bonds is 0. The molecule has 0 aliphatic carbocycles. The quantitative estimate of drug-likeness (QED) is 0.660. The van der Waals surface area contributed by atoms with Gasteiger partial charge in [0, 0.05) is 24.5 Å². The van der Waals surface area contributed by atoms with E-state index in [9.17, 15) is 0 Å². The predicted molar refractivity (Wildman–Crippen MR) is 108 cm³/mol. The SMILES string of the molecule is CN1C2=c3ccc(cc3)=C3Nc4cc(ccc4N3C)-c3ccc1c(c3)N2. The molecule has 0 saturated carbocycles. The fraction of sp³-hybridized carbons (Fsp3) is 0.0909. The van der Waals surface area contributed by atoms with Crippen LogP contribution in [0.4, 0.5) is 22.7 Å². The van der Waals surface area contributed by atoms with Crippen LogP contribution in [0.1, 0.15) is 0 Å². The van der Waals surface area contributed by atoms with Crippen LogP contribution in [0, 0.1) is 0 Å². The molecular weight excluding hydrogens is 320 g/mol. The molecule has 4 heterocycles. The number of nitrogens with zero attached hydrogens (tertiary/aromatic N) is 2. The van der Waals surface area contributed by atoms with Crippen molar-refractivity contribution in [3.8, 4) is 11.1 Å². The Morgan fingerprint density at radius 2 is 1.00 bits per heavy atom. The second-order valence-electron chi connectivity index (χ2n) is 7.11. The number of anilines is 4. The Hall–Kier alpha value is -3.40. The normalized spacial score (nSPS) is 15.6. The zero-order chi connectivity index (χ0) is 17.4. The van der Waals surface area contributed by atoms with Gasteiger partial charge in [0.05, 0.1) is 22.7 Å². The fourth-order valence-corrected chi connectivity index (χ4v) is 4.20. The minimum Gasteiger partial charge on any atom is -0.339 e. The van der Waals surface area contributed by atoms with Crippen molar-refractivity contribution in [1.29, 1.82) is 0 Å². The third-order valence-electron chi connectivity index (χ3n) is 5.66. The molecule has 3 aromatic carbocycles. The summed E-state index contributed by atoms with van der Waals surface area (Å²) >= 11 is 0. The Morgan fingerprint density at radius 1 is 0.577 bits per heavy atom. The largest absolute Gasteiger partial charge is 0.339 e. The van der Waals surface area contributed by atoms with Crippen LogP contribution < -0.4 is 30.9 Å². The second kappa shape index (κ2) is 4.61. The Bertz CT molecular complexity index is 1110. The first-order valence-electron chi connectivity index (χ1n) is 8.84. The van der Waals surface area contributed by atoms with Gasteiger partial charge in [-0.15, -0.1) is 0 Å². The Labute approximate surface area is 151 Å². The summed E-state index contributed by atoms with van der Waals surface area (Å²) in [5.74, 6) is 2.24. The van der Waals surface area contributed by atoms with Crippen LogP contribution in [0.2, 0.25) is 0 Å². The van der Waals surface area contributed by atoms with Crippen molar-refractivity contribution in [3.63, 3.8) is 0 Å². The van der Waals surface area contributed by atoms with Crippen molar-refractivity contribution >= 4 is 34.4 Å². The van der Waals surface area contributed by atoms with E-state index in [0.29, 0.717) is 0 Å². The van der Waals surface area contributed by atoms with E-state index in [1.807, 2.05) is 0 Å². The van der Waals surface area contributed by atoms with E-state index >= 15 is 0 Å². The van der Waals surface area contributed by atoms with E-state index in [2.05, 4.69) is 95.2 Å². The van der Waals surface area contributed by atoms with Gasteiger partial charge >= 0.3 is 0 Å². The van der Waals surface area contributed by atoms with Crippen LogP contribution in [-0.4, -0.2) is 14.1 Å². The number of hydrogen-bond donors (Lipinski definition) is 2. The first-order chi connectivity index (χ1) is 12.7. The highest BCUT2D eigenvalue weighted by Gasteiger charge is 2.24. The molecule has 0 aromatic heterocycles. The highest BCUT2D eigenvalue weighted by Crippen LogP contribution is 2.42. The first-order valence-corrected chi connectivity index (χ1v) is 8.84. The molecule has 0 radical (unpaired) electrons. The molecule has 0 spiro atoms. The predicted octanol–water partition coefficient (Wildman–Crippen LogP) is 2.92. The Morgan fingerprint density at radius 3 is 1.42 bits per heavy atom. The van der Waals surface area contributed by atoms with Gasteiger partial charge < -0.3 is 20.4 Å². The number of nitrogens with one attached hydrogen (secondary N) is 2. The van der Waals surface area contributed by atoms with Crippen molar-refractivity contribution < 1.29 is 0 Å². The van der Waals surface area contributed by atoms with Gasteiger partial charge in [0.25, 0.3) is 0 Å². The molecule has 4 aliphatic rings. The van der Waals surface area contributed by atoms with Crippen LogP contribution >= 0.6 is 0 Å². The summed E-state index contributed by atoms with van der Waals surface area (Å²) in [5.41, 5.74) is 7.15. The van der Waals surface area contributed by atoms with Crippen LogP contribution in [0.25, 0.3) is 22.8 Å². The van der Waals surface area contributed by atoms with E-state index in [-0.39, 0.29) is 0 Å². The lowest BCUT2D eigenvalue weighted by molar-refractivity contribution is 1.23. The maximum atomic E-state index is 3.61. The highest BCUT2D eigenvalue weighted by atomic mass is 15.3. The molecule has 26 heavy (non-hydrogen) atoms. The summed E-state index contributed by atoms with van der Waals surface area (Å²) in [7, 11) is 4.23. The summed E-state index contributed by atoms with van der Waals surface area (Å²) in [6.07, 6.45) is 0. The summed E-state index contributed by atoms with van der Waals surface area (Å²) < 4.78 is 0. The number of hydrogen-bond acceptors (Lipinski definition) is 4. The van der Waals surface area contributed by atoms with E-state index in [1.54, 1.807) is 0 Å². The Kier molecular flexibility index (Phi) is 2.45. The average molecular weight is 338 g/mol. The van der Waals surface area contributed by atoms with Gasteiger partial charge in [0.15, 0.2) is 0 Å². The monoisotopic (exact) mass is 338 g/mol. The molecule has 0 fully saturated rings. The van der Waals surface area contributed by atoms with Gasteiger partial charge in [-0.05, 0) is 35.4 Å². The average Bonchev–Trinajstić information content (AvgIpc) is 3.18. The molecule has 126 valence electrons. The molecule has 0 saturated heterocycles. The third-order valence-corrected chi connectivity index (χ3v) is 5.66. The molecule has 3 aromatic rings. The zero-order valence-electron chi connectivity index (χ0n) is 14.7. The van der Waals surface area contributed by atoms with E-state index < -0.39 is 0 Å². The fourth-order valence-electron chi connectivity index (χ4n) is 4.20. The lowest BCUT2D eigenvalue weighted by Gasteiger charge is -2.15. The summed E-state index contributed by atoms with van der Waals surface area (Å²) in [6, 6.07) is 22.0. The minimum atomic E-state index is 1.12. The summed E-state index contributed by atoms with van der Waals surface area (Å²) in [4.78, 5) is 4.45. The highest BCUT2D eigenvalue weighted by molar-refractivity contribution is 5.97. The van der Waals surface area contributed by atoms with Gasteiger partial charge in [-0.1, -0.05) is 36.4 Å². The maximum absolute atomic E-state index is 3.61. The summed E-state index contributed by atoms with van der Waals surface area (Å²) in [5, 5.41) is 9.58. The second-order valence-corrected chi connectivity index (χ2v) is 7.11. The lowest BCUT2D eigenvalue weighted by Crippen LogP contribution is -2.26. The molecule has 0 unspecified atom stereocenters. The molecule has 2 N–H and O–H groups in total. The number of fused-ring (bicyclic) bond motifs is 2. The van der Waals surface area contributed by atoms with Crippen molar-refractivity contribution in [3.05, 3.63) is 71.1 Å². The van der Waals surface area contributed by atoms with Gasteiger partial charge in [-0.3, -0.25) is 0 Å². The van der Waals surface area contributed by atoms with Crippen molar-refractivity contribution in [2.24, 2.45) is 0 Å². The molecule has 7 rings (SSSR count).